The van der Waals surface area contributed by atoms with Crippen molar-refractivity contribution < 1.29 is 22.7 Å². The molecule has 5 rings (SSSR count). The number of halogens is 3. The van der Waals surface area contributed by atoms with Crippen LogP contribution in [0.25, 0.3) is 11.1 Å². The number of ether oxygens (including phenoxy) is 1. The number of nitrogens with zero attached hydrogens (tertiary/aromatic N) is 2. The number of pyridine rings is 1. The van der Waals surface area contributed by atoms with E-state index in [2.05, 4.69) is 10.3 Å². The summed E-state index contributed by atoms with van der Waals surface area (Å²) in [5.41, 5.74) is 3.56. The van der Waals surface area contributed by atoms with E-state index in [1.54, 1.807) is 0 Å². The molecule has 2 aromatic carbocycles. The van der Waals surface area contributed by atoms with E-state index in [1.807, 2.05) is 48.5 Å². The Bertz CT molecular complexity index is 1140. The first-order valence-corrected chi connectivity index (χ1v) is 10.8. The molecule has 170 valence electrons. The van der Waals surface area contributed by atoms with Crippen molar-refractivity contribution in [2.24, 2.45) is 0 Å². The lowest BCUT2D eigenvalue weighted by Crippen LogP contribution is -2.49. The van der Waals surface area contributed by atoms with E-state index in [0.717, 1.165) is 28.5 Å². The van der Waals surface area contributed by atoms with Gasteiger partial charge in [0.1, 0.15) is 6.61 Å². The van der Waals surface area contributed by atoms with Gasteiger partial charge in [0.05, 0.1) is 11.6 Å². The van der Waals surface area contributed by atoms with Gasteiger partial charge < -0.3 is 10.1 Å². The second-order valence-electron chi connectivity index (χ2n) is 8.18. The molecule has 1 amide bonds. The topological polar surface area (TPSA) is 54.5 Å². The number of nitrogens with one attached hydrogen (secondary N) is 1. The molecule has 1 aromatic heterocycles. The van der Waals surface area contributed by atoms with Crippen molar-refractivity contribution in [2.45, 2.75) is 18.1 Å². The van der Waals surface area contributed by atoms with E-state index in [4.69, 9.17) is 4.74 Å². The van der Waals surface area contributed by atoms with Gasteiger partial charge in [0.25, 0.3) is 0 Å². The Hall–Kier alpha value is -3.39. The zero-order valence-electron chi connectivity index (χ0n) is 17.7. The van der Waals surface area contributed by atoms with Crippen molar-refractivity contribution in [1.29, 1.82) is 0 Å². The third-order valence-corrected chi connectivity index (χ3v) is 6.33. The van der Waals surface area contributed by atoms with Crippen LogP contribution in [0.4, 0.5) is 18.0 Å². The summed E-state index contributed by atoms with van der Waals surface area (Å²) in [7, 11) is 0. The van der Waals surface area contributed by atoms with E-state index in [-0.39, 0.29) is 31.2 Å². The largest absolute Gasteiger partial charge is 0.448 e. The third kappa shape index (κ3) is 3.95. The van der Waals surface area contributed by atoms with Crippen LogP contribution in [0.1, 0.15) is 34.2 Å². The molecule has 2 aliphatic rings. The molecule has 0 saturated carbocycles. The summed E-state index contributed by atoms with van der Waals surface area (Å²) in [4.78, 5) is 18.1. The van der Waals surface area contributed by atoms with Crippen molar-refractivity contribution >= 4 is 6.09 Å². The zero-order valence-corrected chi connectivity index (χ0v) is 17.7. The van der Waals surface area contributed by atoms with Gasteiger partial charge in [-0.25, -0.2) is 4.79 Å². The second-order valence-corrected chi connectivity index (χ2v) is 8.18. The molecule has 33 heavy (non-hydrogen) atoms. The Labute approximate surface area is 189 Å². The molecule has 3 aromatic rings. The molecule has 1 atom stereocenters. The first-order valence-electron chi connectivity index (χ1n) is 10.8. The molecule has 1 aliphatic carbocycles. The summed E-state index contributed by atoms with van der Waals surface area (Å²) in [6, 6.07) is 16.5. The fraction of sp³-hybridized carbons (Fsp3) is 0.280. The van der Waals surface area contributed by atoms with Gasteiger partial charge >= 0.3 is 12.3 Å². The number of alkyl halides is 3. The Balaban J connectivity index is 1.38. The average molecular weight is 453 g/mol. The minimum Gasteiger partial charge on any atom is -0.448 e. The molecule has 0 radical (unpaired) electrons. The van der Waals surface area contributed by atoms with Crippen molar-refractivity contribution in [2.75, 3.05) is 26.2 Å². The monoisotopic (exact) mass is 453 g/mol. The highest BCUT2D eigenvalue weighted by Crippen LogP contribution is 2.44. The van der Waals surface area contributed by atoms with Crippen LogP contribution in [-0.4, -0.2) is 42.2 Å². The third-order valence-electron chi connectivity index (χ3n) is 6.33. The van der Waals surface area contributed by atoms with Crippen LogP contribution in [-0.2, 0) is 10.9 Å². The highest BCUT2D eigenvalue weighted by atomic mass is 19.4. The van der Waals surface area contributed by atoms with Gasteiger partial charge in [-0.3, -0.25) is 9.88 Å². The fourth-order valence-electron chi connectivity index (χ4n) is 4.81. The summed E-state index contributed by atoms with van der Waals surface area (Å²) in [5, 5.41) is 3.08. The van der Waals surface area contributed by atoms with E-state index in [1.165, 1.54) is 17.2 Å². The summed E-state index contributed by atoms with van der Waals surface area (Å²) in [6.07, 6.45) is -3.06. The van der Waals surface area contributed by atoms with E-state index in [9.17, 15) is 18.0 Å². The summed E-state index contributed by atoms with van der Waals surface area (Å²) >= 11 is 0. The molecule has 0 bridgehead atoms. The van der Waals surface area contributed by atoms with Gasteiger partial charge in [-0.15, -0.1) is 0 Å². The highest BCUT2D eigenvalue weighted by molar-refractivity contribution is 5.79. The van der Waals surface area contributed by atoms with Crippen LogP contribution < -0.4 is 5.32 Å². The number of piperazine rings is 1. The molecule has 0 spiro atoms. The lowest BCUT2D eigenvalue weighted by atomic mass is 9.98. The minimum atomic E-state index is -4.56. The predicted molar refractivity (Wildman–Crippen MR) is 117 cm³/mol. The maximum atomic E-state index is 13.6. The normalized spacial score (nSPS) is 18.0. The van der Waals surface area contributed by atoms with Crippen LogP contribution in [0, 0.1) is 0 Å². The van der Waals surface area contributed by atoms with Gasteiger partial charge in [-0.1, -0.05) is 48.5 Å². The van der Waals surface area contributed by atoms with E-state index in [0.29, 0.717) is 6.54 Å². The Morgan fingerprint density at radius 2 is 1.70 bits per heavy atom. The number of fused-ring (bicyclic) bond motifs is 3. The molecular formula is C25H22F3N3O2. The fourth-order valence-corrected chi connectivity index (χ4v) is 4.81. The minimum absolute atomic E-state index is 0.0122. The number of amides is 1. The molecule has 5 nitrogen and oxygen atoms in total. The summed E-state index contributed by atoms with van der Waals surface area (Å²) in [5.74, 6) is -0.116. The molecule has 2 heterocycles. The van der Waals surface area contributed by atoms with Crippen LogP contribution in [0.5, 0.6) is 0 Å². The average Bonchev–Trinajstić information content (AvgIpc) is 3.16. The van der Waals surface area contributed by atoms with E-state index < -0.39 is 23.9 Å². The van der Waals surface area contributed by atoms with Gasteiger partial charge in [-0.05, 0) is 33.9 Å². The number of carbonyl (C=O) groups is 1. The molecule has 1 saturated heterocycles. The van der Waals surface area contributed by atoms with Crippen LogP contribution in [0.3, 0.4) is 0 Å². The molecule has 8 heteroatoms. The molecular weight excluding hydrogens is 431 g/mol. The second kappa shape index (κ2) is 8.51. The van der Waals surface area contributed by atoms with Crippen molar-refractivity contribution in [3.05, 3.63) is 89.2 Å². The van der Waals surface area contributed by atoms with Crippen LogP contribution >= 0.6 is 0 Å². The van der Waals surface area contributed by atoms with Gasteiger partial charge in [-0.2, -0.15) is 13.2 Å². The molecule has 1 aliphatic heterocycles. The van der Waals surface area contributed by atoms with Crippen molar-refractivity contribution in [1.82, 2.24) is 15.2 Å². The first-order chi connectivity index (χ1) is 15.9. The molecule has 1 unspecified atom stereocenters. The number of carbonyl (C=O) groups excluding carboxylic acids is 1. The SMILES string of the molecule is O=C(OCC1c2ccccc2-c2ccccc21)N1CCNCC1c1ccncc1C(F)(F)F. The summed E-state index contributed by atoms with van der Waals surface area (Å²) in [6.45, 7) is 1.05. The number of hydrogen-bond donors (Lipinski definition) is 1. The van der Waals surface area contributed by atoms with Crippen LogP contribution in [0.15, 0.2) is 67.0 Å². The lowest BCUT2D eigenvalue weighted by Gasteiger charge is -2.36. The Morgan fingerprint density at radius 3 is 2.36 bits per heavy atom. The standard InChI is InChI=1S/C25H22F3N3O2/c26-25(27,28)22-13-29-10-9-20(22)23-14-30-11-12-31(23)24(32)33-15-21-18-7-3-1-5-16(18)17-6-2-4-8-19(17)21/h1-10,13,21,23,30H,11-12,14-15H2. The highest BCUT2D eigenvalue weighted by Gasteiger charge is 2.39. The first kappa shape index (κ1) is 21.5. The zero-order chi connectivity index (χ0) is 23.0. The number of rotatable bonds is 3. The predicted octanol–water partition coefficient (Wildman–Crippen LogP) is 5.00. The van der Waals surface area contributed by atoms with Gasteiger partial charge in [0, 0.05) is 37.9 Å². The van der Waals surface area contributed by atoms with E-state index >= 15 is 0 Å². The Morgan fingerprint density at radius 1 is 1.03 bits per heavy atom. The molecule has 1 N–H and O–H groups in total. The molecule has 1 fully saturated rings. The smallest absolute Gasteiger partial charge is 0.418 e. The Kier molecular flexibility index (Phi) is 5.54. The maximum Gasteiger partial charge on any atom is 0.418 e. The number of benzene rings is 2. The van der Waals surface area contributed by atoms with Crippen molar-refractivity contribution in [3.63, 3.8) is 0 Å². The number of aromatic nitrogens is 1. The quantitative estimate of drug-likeness (QED) is 0.607. The maximum absolute atomic E-state index is 13.6. The van der Waals surface area contributed by atoms with Crippen LogP contribution in [0.2, 0.25) is 0 Å². The van der Waals surface area contributed by atoms with Crippen molar-refractivity contribution in [3.8, 4) is 11.1 Å². The van der Waals surface area contributed by atoms with Gasteiger partial charge in [0.2, 0.25) is 0 Å². The number of hydrogen-bond acceptors (Lipinski definition) is 4. The lowest BCUT2D eigenvalue weighted by molar-refractivity contribution is -0.139. The summed E-state index contributed by atoms with van der Waals surface area (Å²) < 4.78 is 46.4. The van der Waals surface area contributed by atoms with Gasteiger partial charge in [0.15, 0.2) is 0 Å².